The molecule has 1 aromatic carbocycles. The van der Waals surface area contributed by atoms with E-state index < -0.39 is 10.0 Å². The minimum Gasteiger partial charge on any atom is -0.338 e. The van der Waals surface area contributed by atoms with Crippen molar-refractivity contribution in [2.75, 3.05) is 18.8 Å². The molecule has 5 nitrogen and oxygen atoms in total. The Kier molecular flexibility index (Phi) is 6.07. The predicted octanol–water partition coefficient (Wildman–Crippen LogP) is 2.88. The van der Waals surface area contributed by atoms with Gasteiger partial charge in [0.1, 0.15) is 0 Å². The monoisotopic (exact) mass is 382 g/mol. The molecule has 2 fully saturated rings. The van der Waals surface area contributed by atoms with Crippen LogP contribution in [0.15, 0.2) is 29.2 Å². The first-order valence-corrected chi connectivity index (χ1v) is 11.6. The SMILES string of the molecule is CCSC1CCCCN(C(=O)c2ccc(S(=O)(=O)NC3CC3)cc2)C1. The first kappa shape index (κ1) is 18.7. The Labute approximate surface area is 154 Å². The van der Waals surface area contributed by atoms with Crippen molar-refractivity contribution in [2.45, 2.75) is 55.2 Å². The summed E-state index contributed by atoms with van der Waals surface area (Å²) in [6.07, 6.45) is 5.16. The van der Waals surface area contributed by atoms with Crippen LogP contribution in [0, 0.1) is 0 Å². The summed E-state index contributed by atoms with van der Waals surface area (Å²) in [5.41, 5.74) is 0.563. The van der Waals surface area contributed by atoms with Crippen molar-refractivity contribution in [1.82, 2.24) is 9.62 Å². The molecule has 1 atom stereocenters. The van der Waals surface area contributed by atoms with Gasteiger partial charge in [0.25, 0.3) is 5.91 Å². The normalized spacial score (nSPS) is 21.8. The highest BCUT2D eigenvalue weighted by molar-refractivity contribution is 7.99. The fourth-order valence-electron chi connectivity index (χ4n) is 3.11. The van der Waals surface area contributed by atoms with Gasteiger partial charge < -0.3 is 4.90 Å². The van der Waals surface area contributed by atoms with Crippen molar-refractivity contribution in [3.05, 3.63) is 29.8 Å². The number of nitrogens with one attached hydrogen (secondary N) is 1. The molecule has 7 heteroatoms. The second-order valence-corrected chi connectivity index (χ2v) is 10.0. The molecule has 1 heterocycles. The van der Waals surface area contributed by atoms with Crippen LogP contribution in [0.1, 0.15) is 49.4 Å². The zero-order valence-electron chi connectivity index (χ0n) is 14.6. The smallest absolute Gasteiger partial charge is 0.253 e. The van der Waals surface area contributed by atoms with Gasteiger partial charge in [-0.3, -0.25) is 4.79 Å². The van der Waals surface area contributed by atoms with Gasteiger partial charge >= 0.3 is 0 Å². The van der Waals surface area contributed by atoms with Crippen LogP contribution in [-0.2, 0) is 10.0 Å². The van der Waals surface area contributed by atoms with E-state index in [-0.39, 0.29) is 16.8 Å². The van der Waals surface area contributed by atoms with Gasteiger partial charge in [-0.25, -0.2) is 13.1 Å². The van der Waals surface area contributed by atoms with Gasteiger partial charge in [0.05, 0.1) is 4.90 Å². The first-order chi connectivity index (χ1) is 12.0. The van der Waals surface area contributed by atoms with Crippen LogP contribution in [0.25, 0.3) is 0 Å². The van der Waals surface area contributed by atoms with Gasteiger partial charge in [0.2, 0.25) is 10.0 Å². The molecule has 1 saturated carbocycles. The molecule has 1 aliphatic carbocycles. The third-order valence-electron chi connectivity index (χ3n) is 4.63. The highest BCUT2D eigenvalue weighted by atomic mass is 32.2. The van der Waals surface area contributed by atoms with Crippen molar-refractivity contribution < 1.29 is 13.2 Å². The maximum Gasteiger partial charge on any atom is 0.253 e. The van der Waals surface area contributed by atoms with Crippen molar-refractivity contribution in [3.63, 3.8) is 0 Å². The second kappa shape index (κ2) is 8.10. The summed E-state index contributed by atoms with van der Waals surface area (Å²) >= 11 is 1.92. The molecule has 0 bridgehead atoms. The van der Waals surface area contributed by atoms with E-state index in [0.29, 0.717) is 10.8 Å². The lowest BCUT2D eigenvalue weighted by Crippen LogP contribution is -2.35. The number of rotatable bonds is 6. The van der Waals surface area contributed by atoms with Crippen LogP contribution in [0.3, 0.4) is 0 Å². The Bertz CT molecular complexity index is 700. The van der Waals surface area contributed by atoms with E-state index in [9.17, 15) is 13.2 Å². The fourth-order valence-corrected chi connectivity index (χ4v) is 5.50. The molecule has 0 aromatic heterocycles. The zero-order valence-corrected chi connectivity index (χ0v) is 16.2. The molecule has 1 N–H and O–H groups in total. The average molecular weight is 383 g/mol. The lowest BCUT2D eigenvalue weighted by atomic mass is 10.2. The molecular formula is C18H26N2O3S2. The molecule has 1 aliphatic heterocycles. The van der Waals surface area contributed by atoms with Crippen LogP contribution < -0.4 is 4.72 Å². The number of thioether (sulfide) groups is 1. The lowest BCUT2D eigenvalue weighted by molar-refractivity contribution is 0.0763. The maximum atomic E-state index is 12.8. The minimum atomic E-state index is -3.46. The van der Waals surface area contributed by atoms with Crippen molar-refractivity contribution >= 4 is 27.7 Å². The zero-order chi connectivity index (χ0) is 17.9. The lowest BCUT2D eigenvalue weighted by Gasteiger charge is -2.24. The van der Waals surface area contributed by atoms with Gasteiger partial charge in [0, 0.05) is 29.9 Å². The van der Waals surface area contributed by atoms with Crippen LogP contribution in [0.4, 0.5) is 0 Å². The quantitative estimate of drug-likeness (QED) is 0.822. The molecule has 0 radical (unpaired) electrons. The van der Waals surface area contributed by atoms with Gasteiger partial charge in [0.15, 0.2) is 0 Å². The summed E-state index contributed by atoms with van der Waals surface area (Å²) in [6, 6.07) is 6.42. The molecular weight excluding hydrogens is 356 g/mol. The van der Waals surface area contributed by atoms with Gasteiger partial charge in [-0.05, 0) is 55.7 Å². The van der Waals surface area contributed by atoms with Crippen LogP contribution >= 0.6 is 11.8 Å². The largest absolute Gasteiger partial charge is 0.338 e. The number of hydrogen-bond donors (Lipinski definition) is 1. The van der Waals surface area contributed by atoms with Crippen LogP contribution in [0.2, 0.25) is 0 Å². The molecule has 1 unspecified atom stereocenters. The minimum absolute atomic E-state index is 0.00250. The highest BCUT2D eigenvalue weighted by Crippen LogP contribution is 2.24. The summed E-state index contributed by atoms with van der Waals surface area (Å²) in [5.74, 6) is 1.07. The number of sulfonamides is 1. The molecule has 1 amide bonds. The first-order valence-electron chi connectivity index (χ1n) is 9.03. The van der Waals surface area contributed by atoms with E-state index in [1.54, 1.807) is 12.1 Å². The summed E-state index contributed by atoms with van der Waals surface area (Å²) in [6.45, 7) is 3.71. The van der Waals surface area contributed by atoms with Crippen molar-refractivity contribution in [1.29, 1.82) is 0 Å². The Balaban J connectivity index is 1.69. The van der Waals surface area contributed by atoms with Crippen molar-refractivity contribution in [2.24, 2.45) is 0 Å². The Morgan fingerprint density at radius 2 is 1.92 bits per heavy atom. The fraction of sp³-hybridized carbons (Fsp3) is 0.611. The number of carbonyl (C=O) groups is 1. The molecule has 1 aromatic rings. The van der Waals surface area contributed by atoms with Crippen LogP contribution in [0.5, 0.6) is 0 Å². The number of likely N-dealkylation sites (tertiary alicyclic amines) is 1. The number of carbonyl (C=O) groups excluding carboxylic acids is 1. The summed E-state index contributed by atoms with van der Waals surface area (Å²) in [7, 11) is -3.46. The number of benzene rings is 1. The van der Waals surface area contributed by atoms with E-state index >= 15 is 0 Å². The number of hydrogen-bond acceptors (Lipinski definition) is 4. The van der Waals surface area contributed by atoms with E-state index in [1.165, 1.54) is 12.1 Å². The molecule has 3 rings (SSSR count). The maximum absolute atomic E-state index is 12.8. The Morgan fingerprint density at radius 3 is 2.56 bits per heavy atom. The number of nitrogens with zero attached hydrogens (tertiary/aromatic N) is 1. The van der Waals surface area contributed by atoms with Gasteiger partial charge in [-0.15, -0.1) is 0 Å². The highest BCUT2D eigenvalue weighted by Gasteiger charge is 2.28. The molecule has 138 valence electrons. The third-order valence-corrected chi connectivity index (χ3v) is 7.35. The van der Waals surface area contributed by atoms with Gasteiger partial charge in [-0.2, -0.15) is 11.8 Å². The molecule has 1 saturated heterocycles. The van der Waals surface area contributed by atoms with Gasteiger partial charge in [-0.1, -0.05) is 13.3 Å². The van der Waals surface area contributed by atoms with Crippen LogP contribution in [-0.4, -0.2) is 49.4 Å². The standard InChI is InChI=1S/C18H26N2O3S2/c1-2-24-16-5-3-4-12-20(13-16)18(21)14-6-10-17(11-7-14)25(22,23)19-15-8-9-15/h6-7,10-11,15-16,19H,2-5,8-9,12-13H2,1H3. The number of amides is 1. The summed E-state index contributed by atoms with van der Waals surface area (Å²) in [5, 5.41) is 0.499. The van der Waals surface area contributed by atoms with E-state index in [0.717, 1.165) is 50.9 Å². The molecule has 2 aliphatic rings. The molecule has 25 heavy (non-hydrogen) atoms. The summed E-state index contributed by atoms with van der Waals surface area (Å²) < 4.78 is 27.1. The predicted molar refractivity (Wildman–Crippen MR) is 101 cm³/mol. The molecule has 0 spiro atoms. The average Bonchev–Trinajstić information content (AvgIpc) is 3.42. The van der Waals surface area contributed by atoms with E-state index in [2.05, 4.69) is 11.6 Å². The topological polar surface area (TPSA) is 66.5 Å². The van der Waals surface area contributed by atoms with E-state index in [4.69, 9.17) is 0 Å². The van der Waals surface area contributed by atoms with Crippen molar-refractivity contribution in [3.8, 4) is 0 Å². The summed E-state index contributed by atoms with van der Waals surface area (Å²) in [4.78, 5) is 15.0. The Morgan fingerprint density at radius 1 is 1.20 bits per heavy atom. The third kappa shape index (κ3) is 4.99. The second-order valence-electron chi connectivity index (χ2n) is 6.74. The van der Waals surface area contributed by atoms with E-state index in [1.807, 2.05) is 16.7 Å². The Hall–Kier alpha value is -1.05.